The van der Waals surface area contributed by atoms with Gasteiger partial charge >= 0.3 is 0 Å². The number of methoxy groups -OCH3 is 1. The number of hydrogen-bond acceptors (Lipinski definition) is 6. The molecule has 1 aromatic heterocycles. The molecule has 1 aliphatic rings. The Labute approximate surface area is 163 Å². The van der Waals surface area contributed by atoms with E-state index in [0.717, 1.165) is 4.90 Å². The largest absolute Gasteiger partial charge is 0.497 e. The Hall–Kier alpha value is -2.90. The maximum Gasteiger partial charge on any atom is 0.262 e. The quantitative estimate of drug-likeness (QED) is 0.614. The van der Waals surface area contributed by atoms with Gasteiger partial charge in [-0.15, -0.1) is 10.2 Å². The molecular formula is C18H11Cl2N3O4. The number of ether oxygens (including phenoxy) is 1. The Kier molecular flexibility index (Phi) is 4.33. The summed E-state index contributed by atoms with van der Waals surface area (Å²) in [6, 6.07) is 9.82. The van der Waals surface area contributed by atoms with Crippen LogP contribution < -0.4 is 4.74 Å². The van der Waals surface area contributed by atoms with Crippen molar-refractivity contribution in [2.45, 2.75) is 6.54 Å². The number of imide groups is 1. The SMILES string of the molecule is COc1ccc(-c2nnc(CN3C(=O)c4cc(Cl)c(Cl)cc4C3=O)o2)cc1. The van der Waals surface area contributed by atoms with Gasteiger partial charge < -0.3 is 9.15 Å². The average molecular weight is 404 g/mol. The highest BCUT2D eigenvalue weighted by Gasteiger charge is 2.37. The molecular weight excluding hydrogens is 393 g/mol. The van der Waals surface area contributed by atoms with Gasteiger partial charge in [-0.3, -0.25) is 14.5 Å². The number of halogens is 2. The fraction of sp³-hybridized carbons (Fsp3) is 0.111. The Morgan fingerprint density at radius 3 is 2.15 bits per heavy atom. The second-order valence-electron chi connectivity index (χ2n) is 5.74. The van der Waals surface area contributed by atoms with Crippen molar-refractivity contribution in [3.05, 3.63) is 63.5 Å². The molecule has 3 aromatic rings. The summed E-state index contributed by atoms with van der Waals surface area (Å²) in [6.07, 6.45) is 0. The van der Waals surface area contributed by atoms with Crippen molar-refractivity contribution in [1.29, 1.82) is 0 Å². The zero-order chi connectivity index (χ0) is 19.1. The lowest BCUT2D eigenvalue weighted by Gasteiger charge is -2.10. The number of nitrogens with zero attached hydrogens (tertiary/aromatic N) is 3. The Bertz CT molecular complexity index is 1020. The van der Waals surface area contributed by atoms with Crippen LogP contribution in [0.25, 0.3) is 11.5 Å². The highest BCUT2D eigenvalue weighted by atomic mass is 35.5. The number of amides is 2. The third-order valence-corrected chi connectivity index (χ3v) is 4.83. The predicted octanol–water partition coefficient (Wildman–Crippen LogP) is 3.85. The van der Waals surface area contributed by atoms with Crippen LogP contribution in [0.3, 0.4) is 0 Å². The predicted molar refractivity (Wildman–Crippen MR) is 97.0 cm³/mol. The fourth-order valence-electron chi connectivity index (χ4n) is 2.73. The summed E-state index contributed by atoms with van der Waals surface area (Å²) >= 11 is 11.9. The number of carbonyl (C=O) groups excluding carboxylic acids is 2. The van der Waals surface area contributed by atoms with Gasteiger partial charge in [0.1, 0.15) is 12.3 Å². The molecule has 2 heterocycles. The fourth-order valence-corrected chi connectivity index (χ4v) is 3.06. The molecule has 0 spiro atoms. The van der Waals surface area contributed by atoms with E-state index in [-0.39, 0.29) is 39.5 Å². The molecule has 0 bridgehead atoms. The molecule has 2 amide bonds. The van der Waals surface area contributed by atoms with Crippen molar-refractivity contribution in [3.63, 3.8) is 0 Å². The molecule has 0 aliphatic carbocycles. The van der Waals surface area contributed by atoms with Crippen molar-refractivity contribution in [2.75, 3.05) is 7.11 Å². The lowest BCUT2D eigenvalue weighted by atomic mass is 10.1. The number of fused-ring (bicyclic) bond motifs is 1. The van der Waals surface area contributed by atoms with E-state index in [1.807, 2.05) is 0 Å². The molecule has 9 heteroatoms. The molecule has 0 saturated heterocycles. The average Bonchev–Trinajstić information content (AvgIpc) is 3.23. The summed E-state index contributed by atoms with van der Waals surface area (Å²) in [5, 5.41) is 8.29. The van der Waals surface area contributed by atoms with E-state index in [9.17, 15) is 9.59 Å². The van der Waals surface area contributed by atoms with Crippen molar-refractivity contribution in [2.24, 2.45) is 0 Å². The Morgan fingerprint density at radius 2 is 1.59 bits per heavy atom. The van der Waals surface area contributed by atoms with Crippen molar-refractivity contribution >= 4 is 35.0 Å². The van der Waals surface area contributed by atoms with Crippen LogP contribution in [-0.2, 0) is 6.54 Å². The van der Waals surface area contributed by atoms with Gasteiger partial charge in [0.25, 0.3) is 11.8 Å². The third kappa shape index (κ3) is 3.05. The molecule has 1 aliphatic heterocycles. The van der Waals surface area contributed by atoms with E-state index < -0.39 is 11.8 Å². The number of rotatable bonds is 4. The lowest BCUT2D eigenvalue weighted by Crippen LogP contribution is -2.29. The lowest BCUT2D eigenvalue weighted by molar-refractivity contribution is 0.0629. The molecule has 136 valence electrons. The van der Waals surface area contributed by atoms with Crippen LogP contribution in [-0.4, -0.2) is 34.0 Å². The number of hydrogen-bond donors (Lipinski definition) is 0. The van der Waals surface area contributed by atoms with Crippen LogP contribution >= 0.6 is 23.2 Å². The van der Waals surface area contributed by atoms with E-state index >= 15 is 0 Å². The Morgan fingerprint density at radius 1 is 1.00 bits per heavy atom. The summed E-state index contributed by atoms with van der Waals surface area (Å²) in [5.41, 5.74) is 1.09. The number of carbonyl (C=O) groups is 2. The normalized spacial score (nSPS) is 13.2. The molecule has 0 saturated carbocycles. The summed E-state index contributed by atoms with van der Waals surface area (Å²) in [4.78, 5) is 26.1. The molecule has 0 unspecified atom stereocenters. The van der Waals surface area contributed by atoms with Crippen molar-refractivity contribution in [1.82, 2.24) is 15.1 Å². The second-order valence-corrected chi connectivity index (χ2v) is 6.55. The molecule has 2 aromatic carbocycles. The first-order chi connectivity index (χ1) is 13.0. The molecule has 4 rings (SSSR count). The van der Waals surface area contributed by atoms with Crippen LogP contribution in [0.15, 0.2) is 40.8 Å². The summed E-state index contributed by atoms with van der Waals surface area (Å²) in [5.74, 6) is 0.125. The topological polar surface area (TPSA) is 85.5 Å². The third-order valence-electron chi connectivity index (χ3n) is 4.11. The number of benzene rings is 2. The van der Waals surface area contributed by atoms with E-state index in [2.05, 4.69) is 10.2 Å². The second kappa shape index (κ2) is 6.68. The molecule has 0 N–H and O–H groups in total. The minimum atomic E-state index is -0.488. The molecule has 0 atom stereocenters. The van der Waals surface area contributed by atoms with Crippen LogP contribution in [0.1, 0.15) is 26.6 Å². The van der Waals surface area contributed by atoms with Crippen LogP contribution in [0.4, 0.5) is 0 Å². The smallest absolute Gasteiger partial charge is 0.262 e. The van der Waals surface area contributed by atoms with Crippen molar-refractivity contribution < 1.29 is 18.7 Å². The van der Waals surface area contributed by atoms with Gasteiger partial charge in [0.2, 0.25) is 11.8 Å². The maximum absolute atomic E-state index is 12.5. The van der Waals surface area contributed by atoms with Crippen LogP contribution in [0.5, 0.6) is 5.75 Å². The van der Waals surface area contributed by atoms with Crippen molar-refractivity contribution in [3.8, 4) is 17.2 Å². The van der Waals surface area contributed by atoms with E-state index in [1.54, 1.807) is 31.4 Å². The van der Waals surface area contributed by atoms with Crippen LogP contribution in [0.2, 0.25) is 10.0 Å². The highest BCUT2D eigenvalue weighted by Crippen LogP contribution is 2.32. The monoisotopic (exact) mass is 403 g/mol. The minimum Gasteiger partial charge on any atom is -0.497 e. The first kappa shape index (κ1) is 17.5. The first-order valence-corrected chi connectivity index (χ1v) is 8.55. The minimum absolute atomic E-state index is 0.132. The molecule has 27 heavy (non-hydrogen) atoms. The van der Waals surface area contributed by atoms with E-state index in [1.165, 1.54) is 12.1 Å². The summed E-state index contributed by atoms with van der Waals surface area (Å²) in [7, 11) is 1.57. The van der Waals surface area contributed by atoms with E-state index in [4.69, 9.17) is 32.4 Å². The van der Waals surface area contributed by atoms with Gasteiger partial charge in [-0.2, -0.15) is 0 Å². The van der Waals surface area contributed by atoms with Gasteiger partial charge in [0.05, 0.1) is 28.3 Å². The van der Waals surface area contributed by atoms with E-state index in [0.29, 0.717) is 11.3 Å². The standard InChI is InChI=1S/C18H11Cl2N3O4/c1-26-10-4-2-9(3-5-10)16-22-21-15(27-16)8-23-17(24)11-6-13(19)14(20)7-12(11)18(23)25/h2-7H,8H2,1H3. The van der Waals surface area contributed by atoms with Gasteiger partial charge in [0.15, 0.2) is 0 Å². The Balaban J connectivity index is 1.57. The van der Waals surface area contributed by atoms with Crippen LogP contribution in [0, 0.1) is 0 Å². The number of aromatic nitrogens is 2. The summed E-state index contributed by atoms with van der Waals surface area (Å²) < 4.78 is 10.7. The maximum atomic E-state index is 12.5. The van der Waals surface area contributed by atoms with Gasteiger partial charge in [-0.05, 0) is 36.4 Å². The molecule has 0 fully saturated rings. The first-order valence-electron chi connectivity index (χ1n) is 7.80. The zero-order valence-electron chi connectivity index (χ0n) is 13.9. The van der Waals surface area contributed by atoms with Gasteiger partial charge in [-0.1, -0.05) is 23.2 Å². The zero-order valence-corrected chi connectivity index (χ0v) is 15.4. The molecule has 0 radical (unpaired) electrons. The van der Waals surface area contributed by atoms with Gasteiger partial charge in [0, 0.05) is 5.56 Å². The summed E-state index contributed by atoms with van der Waals surface area (Å²) in [6.45, 7) is -0.148. The highest BCUT2D eigenvalue weighted by molar-refractivity contribution is 6.43. The van der Waals surface area contributed by atoms with Gasteiger partial charge in [-0.25, -0.2) is 0 Å². The molecule has 7 nitrogen and oxygen atoms in total.